The van der Waals surface area contributed by atoms with Crippen molar-refractivity contribution in [2.24, 2.45) is 0 Å². The Labute approximate surface area is 163 Å². The van der Waals surface area contributed by atoms with Crippen LogP contribution in [0.3, 0.4) is 0 Å². The van der Waals surface area contributed by atoms with Gasteiger partial charge in [-0.05, 0) is 31.0 Å². The first kappa shape index (κ1) is 24.0. The van der Waals surface area contributed by atoms with Crippen LogP contribution >= 0.6 is 0 Å². The smallest absolute Gasteiger partial charge is 0.378 e. The van der Waals surface area contributed by atoms with Crippen LogP contribution in [0, 0.1) is 11.8 Å². The average molecular weight is 419 g/mol. The maximum atomic E-state index is 12.3. The van der Waals surface area contributed by atoms with Crippen LogP contribution in [0.25, 0.3) is 0 Å². The molecular formula is C19H24F3NO4S. The monoisotopic (exact) mass is 419 g/mol. The highest BCUT2D eigenvalue weighted by Gasteiger charge is 2.38. The fourth-order valence-corrected chi connectivity index (χ4v) is 3.75. The normalized spacial score (nSPS) is 12.2. The molecule has 0 atom stereocenters. The van der Waals surface area contributed by atoms with E-state index in [0.29, 0.717) is 18.4 Å². The Morgan fingerprint density at radius 1 is 1.18 bits per heavy atom. The van der Waals surface area contributed by atoms with Gasteiger partial charge in [-0.2, -0.15) is 13.2 Å². The van der Waals surface area contributed by atoms with E-state index in [1.807, 2.05) is 13.8 Å². The van der Waals surface area contributed by atoms with Crippen molar-refractivity contribution in [3.05, 3.63) is 29.8 Å². The summed E-state index contributed by atoms with van der Waals surface area (Å²) in [7, 11) is -3.91. The van der Waals surface area contributed by atoms with Crippen LogP contribution in [0.5, 0.6) is 0 Å². The Morgan fingerprint density at radius 2 is 1.79 bits per heavy atom. The summed E-state index contributed by atoms with van der Waals surface area (Å²) in [4.78, 5) is 10.6. The van der Waals surface area contributed by atoms with Gasteiger partial charge in [0.1, 0.15) is 5.60 Å². The van der Waals surface area contributed by atoms with Gasteiger partial charge in [0.05, 0.1) is 10.6 Å². The van der Waals surface area contributed by atoms with Gasteiger partial charge >= 0.3 is 12.1 Å². The van der Waals surface area contributed by atoms with Crippen LogP contribution in [0.4, 0.5) is 13.2 Å². The van der Waals surface area contributed by atoms with Gasteiger partial charge in [0.2, 0.25) is 0 Å². The van der Waals surface area contributed by atoms with E-state index in [1.54, 1.807) is 6.07 Å². The summed E-state index contributed by atoms with van der Waals surface area (Å²) >= 11 is 0. The third kappa shape index (κ3) is 7.52. The molecule has 0 aromatic heterocycles. The molecule has 5 nitrogen and oxygen atoms in total. The van der Waals surface area contributed by atoms with E-state index in [4.69, 9.17) is 0 Å². The molecule has 1 aromatic rings. The van der Waals surface area contributed by atoms with E-state index in [2.05, 4.69) is 11.8 Å². The molecule has 1 amide bonds. The molecule has 156 valence electrons. The maximum absolute atomic E-state index is 12.3. The zero-order chi connectivity index (χ0) is 21.4. The van der Waals surface area contributed by atoms with Crippen LogP contribution in [-0.4, -0.2) is 43.5 Å². The fraction of sp³-hybridized carbons (Fsp3) is 0.526. The van der Waals surface area contributed by atoms with Crippen LogP contribution in [0.1, 0.15) is 45.1 Å². The first-order chi connectivity index (χ1) is 12.9. The lowest BCUT2D eigenvalue weighted by atomic mass is 9.93. The molecule has 0 radical (unpaired) electrons. The summed E-state index contributed by atoms with van der Waals surface area (Å²) in [6, 6.07) is 5.64. The van der Waals surface area contributed by atoms with Gasteiger partial charge in [-0.25, -0.2) is 8.42 Å². The van der Waals surface area contributed by atoms with Gasteiger partial charge in [0.15, 0.2) is 9.84 Å². The number of carbonyl (C=O) groups is 1. The third-order valence-electron chi connectivity index (χ3n) is 3.87. The zero-order valence-electron chi connectivity index (χ0n) is 15.8. The highest BCUT2D eigenvalue weighted by Crippen LogP contribution is 2.19. The van der Waals surface area contributed by atoms with Gasteiger partial charge in [0.25, 0.3) is 0 Å². The first-order valence-corrected chi connectivity index (χ1v) is 10.5. The molecule has 9 heteroatoms. The summed E-state index contributed by atoms with van der Waals surface area (Å²) in [6.45, 7) is 3.18. The lowest BCUT2D eigenvalue weighted by Crippen LogP contribution is -2.39. The molecule has 0 unspecified atom stereocenters. The molecule has 2 N–H and O–H groups in total. The Kier molecular flexibility index (Phi) is 8.51. The van der Waals surface area contributed by atoms with E-state index >= 15 is 0 Å². The van der Waals surface area contributed by atoms with Crippen LogP contribution < -0.4 is 5.32 Å². The first-order valence-electron chi connectivity index (χ1n) is 8.87. The van der Waals surface area contributed by atoms with Gasteiger partial charge in [-0.1, -0.05) is 44.6 Å². The highest BCUT2D eigenvalue weighted by molar-refractivity contribution is 7.91. The van der Waals surface area contributed by atoms with Crippen molar-refractivity contribution in [1.82, 2.24) is 5.32 Å². The van der Waals surface area contributed by atoms with E-state index in [9.17, 15) is 31.5 Å². The Bertz CT molecular complexity index is 833. The molecule has 0 fully saturated rings. The lowest BCUT2D eigenvalue weighted by molar-refractivity contribution is -0.173. The van der Waals surface area contributed by atoms with E-state index in [-0.39, 0.29) is 4.90 Å². The molecular weight excluding hydrogens is 395 g/mol. The van der Waals surface area contributed by atoms with Crippen molar-refractivity contribution < 1.29 is 31.5 Å². The van der Waals surface area contributed by atoms with Gasteiger partial charge in [-0.15, -0.1) is 0 Å². The second-order valence-electron chi connectivity index (χ2n) is 6.38. The van der Waals surface area contributed by atoms with Crippen molar-refractivity contribution in [2.45, 2.75) is 56.2 Å². The molecule has 0 spiro atoms. The second-order valence-corrected chi connectivity index (χ2v) is 8.49. The standard InChI is InChI=1S/C19H24F3NO4S/c1-3-9-18(25,10-4-2)11-8-15-6-5-7-16(14-15)28(26,27)13-12-23-17(24)19(20,21)22/h5-7,14,25H,3-4,9-10,12-13H2,1-2H3,(H,23,24). The minimum atomic E-state index is -5.06. The van der Waals surface area contributed by atoms with E-state index in [1.165, 1.54) is 23.5 Å². The summed E-state index contributed by atoms with van der Waals surface area (Å²) in [5, 5.41) is 12.0. The Morgan fingerprint density at radius 3 is 2.32 bits per heavy atom. The predicted molar refractivity (Wildman–Crippen MR) is 99.2 cm³/mol. The minimum Gasteiger partial charge on any atom is -0.378 e. The SMILES string of the molecule is CCCC(O)(C#Cc1cccc(S(=O)(=O)CCNC(=O)C(F)(F)F)c1)CCC. The van der Waals surface area contributed by atoms with Crippen molar-refractivity contribution >= 4 is 15.7 Å². The van der Waals surface area contributed by atoms with Crippen LogP contribution in [-0.2, 0) is 14.6 Å². The van der Waals surface area contributed by atoms with E-state index < -0.39 is 39.8 Å². The highest BCUT2D eigenvalue weighted by atomic mass is 32.2. The molecule has 0 bridgehead atoms. The van der Waals surface area contributed by atoms with Crippen molar-refractivity contribution in [3.63, 3.8) is 0 Å². The second kappa shape index (κ2) is 9.94. The average Bonchev–Trinajstić information content (AvgIpc) is 2.60. The van der Waals surface area contributed by atoms with Gasteiger partial charge in [-0.3, -0.25) is 4.79 Å². The van der Waals surface area contributed by atoms with Crippen molar-refractivity contribution in [3.8, 4) is 11.8 Å². The number of carbonyl (C=O) groups excluding carboxylic acids is 1. The Balaban J connectivity index is 2.92. The number of alkyl halides is 3. The molecule has 0 aliphatic rings. The number of aliphatic hydroxyl groups is 1. The molecule has 1 rings (SSSR count). The summed E-state index contributed by atoms with van der Waals surface area (Å²) < 4.78 is 61.0. The number of rotatable bonds is 8. The Hall–Kier alpha value is -2.05. The number of benzene rings is 1. The summed E-state index contributed by atoms with van der Waals surface area (Å²) in [6.07, 6.45) is -2.60. The zero-order valence-corrected chi connectivity index (χ0v) is 16.6. The van der Waals surface area contributed by atoms with Gasteiger partial charge < -0.3 is 10.4 Å². The van der Waals surface area contributed by atoms with Gasteiger partial charge in [0, 0.05) is 12.1 Å². The van der Waals surface area contributed by atoms with E-state index in [0.717, 1.165) is 12.8 Å². The fourth-order valence-electron chi connectivity index (χ4n) is 2.55. The number of hydrogen-bond donors (Lipinski definition) is 2. The molecule has 1 aromatic carbocycles. The number of halogens is 3. The number of amides is 1. The van der Waals surface area contributed by atoms with Crippen LogP contribution in [0.15, 0.2) is 29.2 Å². The third-order valence-corrected chi connectivity index (χ3v) is 5.59. The maximum Gasteiger partial charge on any atom is 0.471 e. The molecule has 28 heavy (non-hydrogen) atoms. The number of hydrogen-bond acceptors (Lipinski definition) is 4. The molecule has 0 aliphatic heterocycles. The van der Waals surface area contributed by atoms with Crippen molar-refractivity contribution in [1.29, 1.82) is 0 Å². The molecule has 0 saturated carbocycles. The molecule has 0 aliphatic carbocycles. The summed E-state index contributed by atoms with van der Waals surface area (Å²) in [5.74, 6) is 2.71. The van der Waals surface area contributed by atoms with Crippen molar-refractivity contribution in [2.75, 3.05) is 12.3 Å². The lowest BCUT2D eigenvalue weighted by Gasteiger charge is -2.20. The largest absolute Gasteiger partial charge is 0.471 e. The summed E-state index contributed by atoms with van der Waals surface area (Å²) in [5.41, 5.74) is -0.786. The minimum absolute atomic E-state index is 0.116. The predicted octanol–water partition coefficient (Wildman–Crippen LogP) is 2.82. The molecule has 0 saturated heterocycles. The topological polar surface area (TPSA) is 83.5 Å². The number of sulfone groups is 1. The number of nitrogens with one attached hydrogen (secondary N) is 1. The quantitative estimate of drug-likeness (QED) is 0.635. The van der Waals surface area contributed by atoms with Crippen LogP contribution in [0.2, 0.25) is 0 Å². The molecule has 0 heterocycles.